The quantitative estimate of drug-likeness (QED) is 0.566. The molecule has 0 saturated heterocycles. The van der Waals surface area contributed by atoms with E-state index in [1.807, 2.05) is 18.2 Å². The molecular formula is C10H9N3S. The molecule has 0 aliphatic rings. The third-order valence-corrected chi connectivity index (χ3v) is 2.61. The van der Waals surface area contributed by atoms with Crippen molar-refractivity contribution < 1.29 is 0 Å². The fourth-order valence-corrected chi connectivity index (χ4v) is 1.75. The lowest BCUT2D eigenvalue weighted by atomic mass is 10.3. The second kappa shape index (κ2) is 4.72. The maximum atomic E-state index is 4.13. The molecule has 0 bridgehead atoms. The molecule has 2 rings (SSSR count). The first kappa shape index (κ1) is 9.15. The summed E-state index contributed by atoms with van der Waals surface area (Å²) in [6.07, 6.45) is 7.09. The van der Waals surface area contributed by atoms with Crippen LogP contribution < -0.4 is 0 Å². The van der Waals surface area contributed by atoms with Gasteiger partial charge in [0.15, 0.2) is 5.16 Å². The van der Waals surface area contributed by atoms with Crippen LogP contribution in [0.3, 0.4) is 0 Å². The topological polar surface area (TPSA) is 38.7 Å². The van der Waals surface area contributed by atoms with E-state index in [2.05, 4.69) is 15.0 Å². The van der Waals surface area contributed by atoms with Gasteiger partial charge in [0.2, 0.25) is 0 Å². The van der Waals surface area contributed by atoms with Gasteiger partial charge in [0.1, 0.15) is 0 Å². The van der Waals surface area contributed by atoms with Crippen LogP contribution in [0, 0.1) is 0 Å². The van der Waals surface area contributed by atoms with E-state index in [1.165, 1.54) is 5.56 Å². The molecule has 14 heavy (non-hydrogen) atoms. The number of aromatic nitrogens is 3. The van der Waals surface area contributed by atoms with E-state index in [9.17, 15) is 0 Å². The molecule has 3 nitrogen and oxygen atoms in total. The van der Waals surface area contributed by atoms with Gasteiger partial charge in [-0.25, -0.2) is 9.97 Å². The summed E-state index contributed by atoms with van der Waals surface area (Å²) >= 11 is 1.62. The summed E-state index contributed by atoms with van der Waals surface area (Å²) in [5.74, 6) is 0.881. The molecule has 2 aromatic heterocycles. The molecule has 0 radical (unpaired) electrons. The van der Waals surface area contributed by atoms with E-state index >= 15 is 0 Å². The predicted octanol–water partition coefficient (Wildman–Crippen LogP) is 2.16. The zero-order chi connectivity index (χ0) is 9.64. The first-order valence-corrected chi connectivity index (χ1v) is 5.22. The van der Waals surface area contributed by atoms with E-state index in [4.69, 9.17) is 0 Å². The Morgan fingerprint density at radius 3 is 2.43 bits per heavy atom. The van der Waals surface area contributed by atoms with Crippen molar-refractivity contribution in [3.63, 3.8) is 0 Å². The highest BCUT2D eigenvalue weighted by Crippen LogP contribution is 2.17. The van der Waals surface area contributed by atoms with E-state index < -0.39 is 0 Å². The Hall–Kier alpha value is -1.42. The fourth-order valence-electron chi connectivity index (χ4n) is 0.987. The van der Waals surface area contributed by atoms with E-state index in [0.717, 1.165) is 10.9 Å². The number of nitrogens with zero attached hydrogens (tertiary/aromatic N) is 3. The summed E-state index contributed by atoms with van der Waals surface area (Å²) in [6, 6.07) is 5.81. The maximum absolute atomic E-state index is 4.13. The monoisotopic (exact) mass is 203 g/mol. The minimum atomic E-state index is 0.810. The fraction of sp³-hybridized carbons (Fsp3) is 0.100. The minimum Gasteiger partial charge on any atom is -0.265 e. The van der Waals surface area contributed by atoms with Crippen LogP contribution in [0.4, 0.5) is 0 Å². The highest BCUT2D eigenvalue weighted by molar-refractivity contribution is 7.98. The van der Waals surface area contributed by atoms with Crippen LogP contribution in [-0.2, 0) is 5.75 Å². The summed E-state index contributed by atoms with van der Waals surface area (Å²) in [5.41, 5.74) is 1.23. The lowest BCUT2D eigenvalue weighted by molar-refractivity contribution is 0.966. The first-order valence-electron chi connectivity index (χ1n) is 4.24. The van der Waals surface area contributed by atoms with Crippen LogP contribution in [0.25, 0.3) is 0 Å². The summed E-state index contributed by atoms with van der Waals surface area (Å²) < 4.78 is 0. The van der Waals surface area contributed by atoms with Gasteiger partial charge in [0.25, 0.3) is 0 Å². The maximum Gasteiger partial charge on any atom is 0.187 e. The molecule has 0 aromatic carbocycles. The molecule has 2 heterocycles. The molecule has 0 amide bonds. The van der Waals surface area contributed by atoms with Crippen molar-refractivity contribution in [2.24, 2.45) is 0 Å². The Morgan fingerprint density at radius 2 is 1.71 bits per heavy atom. The predicted molar refractivity (Wildman–Crippen MR) is 55.8 cm³/mol. The van der Waals surface area contributed by atoms with Gasteiger partial charge in [-0.2, -0.15) is 0 Å². The molecule has 4 heteroatoms. The smallest absolute Gasteiger partial charge is 0.187 e. The zero-order valence-corrected chi connectivity index (χ0v) is 8.31. The second-order valence-corrected chi connectivity index (χ2v) is 3.62. The van der Waals surface area contributed by atoms with Gasteiger partial charge in [-0.15, -0.1) is 0 Å². The van der Waals surface area contributed by atoms with Crippen molar-refractivity contribution in [3.05, 3.63) is 48.5 Å². The van der Waals surface area contributed by atoms with Crippen molar-refractivity contribution in [1.82, 2.24) is 15.0 Å². The van der Waals surface area contributed by atoms with E-state index in [-0.39, 0.29) is 0 Å². The SMILES string of the molecule is c1cnc(SCc2ccncc2)nc1. The van der Waals surface area contributed by atoms with E-state index in [0.29, 0.717) is 0 Å². The molecule has 0 aliphatic carbocycles. The van der Waals surface area contributed by atoms with Crippen LogP contribution in [0.5, 0.6) is 0 Å². The molecule has 0 saturated carbocycles. The standard InChI is InChI=1S/C10H9N3S/c1-4-12-10(13-5-1)14-8-9-2-6-11-7-3-9/h1-7H,8H2. The normalized spacial score (nSPS) is 10.0. The van der Waals surface area contributed by atoms with Crippen LogP contribution in [0.1, 0.15) is 5.56 Å². The van der Waals surface area contributed by atoms with Crippen molar-refractivity contribution in [2.45, 2.75) is 10.9 Å². The number of hydrogen-bond acceptors (Lipinski definition) is 4. The average Bonchev–Trinajstić information content (AvgIpc) is 2.29. The minimum absolute atomic E-state index is 0.810. The van der Waals surface area contributed by atoms with Gasteiger partial charge >= 0.3 is 0 Å². The number of hydrogen-bond donors (Lipinski definition) is 0. The van der Waals surface area contributed by atoms with Gasteiger partial charge in [-0.3, -0.25) is 4.98 Å². The Balaban J connectivity index is 1.96. The number of thioether (sulfide) groups is 1. The average molecular weight is 203 g/mol. The van der Waals surface area contributed by atoms with Crippen molar-refractivity contribution in [1.29, 1.82) is 0 Å². The zero-order valence-electron chi connectivity index (χ0n) is 7.50. The number of pyridine rings is 1. The molecular weight excluding hydrogens is 194 g/mol. The van der Waals surface area contributed by atoms with Gasteiger partial charge in [-0.05, 0) is 23.8 Å². The molecule has 0 atom stereocenters. The van der Waals surface area contributed by atoms with Crippen molar-refractivity contribution >= 4 is 11.8 Å². The third-order valence-electron chi connectivity index (χ3n) is 1.66. The molecule has 0 aliphatic heterocycles. The lowest BCUT2D eigenvalue weighted by Crippen LogP contribution is -1.85. The first-order chi connectivity index (χ1) is 6.95. The highest BCUT2D eigenvalue weighted by Gasteiger charge is 1.96. The summed E-state index contributed by atoms with van der Waals surface area (Å²) in [5, 5.41) is 0.810. The lowest BCUT2D eigenvalue weighted by Gasteiger charge is -1.98. The summed E-state index contributed by atoms with van der Waals surface area (Å²) in [6.45, 7) is 0. The Bertz CT molecular complexity index is 338. The summed E-state index contributed by atoms with van der Waals surface area (Å²) in [4.78, 5) is 12.2. The van der Waals surface area contributed by atoms with Crippen LogP contribution in [-0.4, -0.2) is 15.0 Å². The van der Waals surface area contributed by atoms with Crippen LogP contribution in [0.2, 0.25) is 0 Å². The molecule has 0 unspecified atom stereocenters. The second-order valence-electron chi connectivity index (χ2n) is 2.68. The number of rotatable bonds is 3. The van der Waals surface area contributed by atoms with Gasteiger partial charge in [0.05, 0.1) is 0 Å². The summed E-state index contributed by atoms with van der Waals surface area (Å²) in [7, 11) is 0. The Morgan fingerprint density at radius 1 is 1.00 bits per heavy atom. The Kier molecular flexibility index (Phi) is 3.08. The molecule has 0 spiro atoms. The molecule has 2 aromatic rings. The van der Waals surface area contributed by atoms with Crippen LogP contribution >= 0.6 is 11.8 Å². The molecule has 0 N–H and O–H groups in total. The van der Waals surface area contributed by atoms with Crippen molar-refractivity contribution in [2.75, 3.05) is 0 Å². The Labute approximate surface area is 86.6 Å². The van der Waals surface area contributed by atoms with Crippen LogP contribution in [0.15, 0.2) is 48.1 Å². The van der Waals surface area contributed by atoms with Gasteiger partial charge in [0, 0.05) is 30.5 Å². The molecule has 70 valence electrons. The van der Waals surface area contributed by atoms with Gasteiger partial charge < -0.3 is 0 Å². The third kappa shape index (κ3) is 2.53. The van der Waals surface area contributed by atoms with E-state index in [1.54, 1.807) is 36.5 Å². The highest BCUT2D eigenvalue weighted by atomic mass is 32.2. The van der Waals surface area contributed by atoms with Crippen molar-refractivity contribution in [3.8, 4) is 0 Å². The molecule has 0 fully saturated rings. The van der Waals surface area contributed by atoms with Gasteiger partial charge in [-0.1, -0.05) is 11.8 Å². The largest absolute Gasteiger partial charge is 0.265 e.